The Balaban J connectivity index is 2.25. The van der Waals surface area contributed by atoms with Gasteiger partial charge in [-0.3, -0.25) is 4.99 Å². The quantitative estimate of drug-likeness (QED) is 0.454. The molecule has 0 aliphatic heterocycles. The average molecular weight is 249 g/mol. The minimum atomic E-state index is 0.679. The molecule has 0 radical (unpaired) electrons. The van der Waals surface area contributed by atoms with Crippen molar-refractivity contribution >= 4 is 5.96 Å². The van der Waals surface area contributed by atoms with E-state index in [2.05, 4.69) is 46.8 Å². The summed E-state index contributed by atoms with van der Waals surface area (Å²) in [6.07, 6.45) is 0.991. The van der Waals surface area contributed by atoms with Gasteiger partial charge in [-0.1, -0.05) is 29.8 Å². The van der Waals surface area contributed by atoms with Crippen LogP contribution in [0.1, 0.15) is 11.1 Å². The molecule has 2 N–H and O–H groups in total. The van der Waals surface area contributed by atoms with E-state index >= 15 is 0 Å². The maximum absolute atomic E-state index is 4.98. The molecule has 0 aliphatic rings. The molecule has 100 valence electrons. The molecule has 0 heterocycles. The molecular weight excluding hydrogens is 226 g/mol. The third-order valence-corrected chi connectivity index (χ3v) is 2.65. The molecule has 18 heavy (non-hydrogen) atoms. The van der Waals surface area contributed by atoms with Gasteiger partial charge < -0.3 is 15.4 Å². The van der Waals surface area contributed by atoms with Crippen molar-refractivity contribution in [2.45, 2.75) is 13.3 Å². The third kappa shape index (κ3) is 5.68. The maximum atomic E-state index is 4.98. The molecule has 0 amide bonds. The zero-order valence-electron chi connectivity index (χ0n) is 11.5. The largest absolute Gasteiger partial charge is 0.383 e. The summed E-state index contributed by atoms with van der Waals surface area (Å²) < 4.78 is 4.98. The number of methoxy groups -OCH3 is 1. The van der Waals surface area contributed by atoms with Gasteiger partial charge in [-0.25, -0.2) is 0 Å². The van der Waals surface area contributed by atoms with Crippen LogP contribution in [0.15, 0.2) is 29.3 Å². The molecule has 0 bridgehead atoms. The van der Waals surface area contributed by atoms with Crippen LogP contribution in [0.2, 0.25) is 0 Å². The van der Waals surface area contributed by atoms with Gasteiger partial charge >= 0.3 is 0 Å². The molecule has 0 saturated heterocycles. The van der Waals surface area contributed by atoms with E-state index in [-0.39, 0.29) is 0 Å². The summed E-state index contributed by atoms with van der Waals surface area (Å²) >= 11 is 0. The Kier molecular flexibility index (Phi) is 6.87. The summed E-state index contributed by atoms with van der Waals surface area (Å²) in [5, 5.41) is 6.45. The van der Waals surface area contributed by atoms with E-state index in [0.717, 1.165) is 25.5 Å². The van der Waals surface area contributed by atoms with Gasteiger partial charge in [-0.2, -0.15) is 0 Å². The van der Waals surface area contributed by atoms with Crippen LogP contribution in [0.3, 0.4) is 0 Å². The highest BCUT2D eigenvalue weighted by Gasteiger charge is 1.97. The van der Waals surface area contributed by atoms with Crippen LogP contribution in [-0.2, 0) is 11.2 Å². The van der Waals surface area contributed by atoms with E-state index in [1.54, 1.807) is 14.2 Å². The molecule has 0 atom stereocenters. The van der Waals surface area contributed by atoms with Crippen molar-refractivity contribution in [2.75, 3.05) is 33.9 Å². The van der Waals surface area contributed by atoms with Crippen molar-refractivity contribution in [3.8, 4) is 0 Å². The van der Waals surface area contributed by atoms with Gasteiger partial charge in [0.25, 0.3) is 0 Å². The molecule has 1 aromatic rings. The van der Waals surface area contributed by atoms with Crippen LogP contribution in [0.25, 0.3) is 0 Å². The predicted molar refractivity (Wildman–Crippen MR) is 76.1 cm³/mol. The number of benzene rings is 1. The Morgan fingerprint density at radius 2 is 1.83 bits per heavy atom. The molecule has 0 aromatic heterocycles. The number of aryl methyl sites for hydroxylation is 1. The molecular formula is C14H23N3O. The summed E-state index contributed by atoms with van der Waals surface area (Å²) in [6.45, 7) is 4.42. The van der Waals surface area contributed by atoms with Gasteiger partial charge in [0.05, 0.1) is 6.61 Å². The summed E-state index contributed by atoms with van der Waals surface area (Å²) in [5.74, 6) is 0.819. The standard InChI is InChI=1S/C14H23N3O/c1-12-4-6-13(7-5-12)8-9-16-14(15-2)17-10-11-18-3/h4-7H,8-11H2,1-3H3,(H2,15,16,17). The Labute approximate surface area is 109 Å². The zero-order valence-corrected chi connectivity index (χ0v) is 11.5. The van der Waals surface area contributed by atoms with Gasteiger partial charge in [0.2, 0.25) is 0 Å². The monoisotopic (exact) mass is 249 g/mol. The average Bonchev–Trinajstić information content (AvgIpc) is 2.39. The summed E-state index contributed by atoms with van der Waals surface area (Å²) in [5.41, 5.74) is 2.63. The second kappa shape index (κ2) is 8.53. The zero-order chi connectivity index (χ0) is 13.2. The lowest BCUT2D eigenvalue weighted by Gasteiger charge is -2.11. The van der Waals surface area contributed by atoms with E-state index in [1.165, 1.54) is 11.1 Å². The first kappa shape index (κ1) is 14.5. The van der Waals surface area contributed by atoms with E-state index in [9.17, 15) is 0 Å². The van der Waals surface area contributed by atoms with Gasteiger partial charge in [0.1, 0.15) is 0 Å². The van der Waals surface area contributed by atoms with Crippen LogP contribution in [0, 0.1) is 6.92 Å². The van der Waals surface area contributed by atoms with Crippen LogP contribution < -0.4 is 10.6 Å². The molecule has 0 aliphatic carbocycles. The molecule has 0 spiro atoms. The lowest BCUT2D eigenvalue weighted by Crippen LogP contribution is -2.39. The Hall–Kier alpha value is -1.55. The SMILES string of the molecule is CN=C(NCCOC)NCCc1ccc(C)cc1. The van der Waals surface area contributed by atoms with Gasteiger partial charge in [0.15, 0.2) is 5.96 Å². The minimum Gasteiger partial charge on any atom is -0.383 e. The number of hydrogen-bond acceptors (Lipinski definition) is 2. The highest BCUT2D eigenvalue weighted by Crippen LogP contribution is 2.02. The molecule has 4 nitrogen and oxygen atoms in total. The number of rotatable bonds is 6. The molecule has 1 aromatic carbocycles. The molecule has 0 saturated carbocycles. The van der Waals surface area contributed by atoms with E-state index in [4.69, 9.17) is 4.74 Å². The van der Waals surface area contributed by atoms with Crippen LogP contribution in [0.5, 0.6) is 0 Å². The third-order valence-electron chi connectivity index (χ3n) is 2.65. The van der Waals surface area contributed by atoms with Gasteiger partial charge in [-0.05, 0) is 18.9 Å². The van der Waals surface area contributed by atoms with E-state index < -0.39 is 0 Å². The summed E-state index contributed by atoms with van der Waals surface area (Å²) in [6, 6.07) is 8.61. The van der Waals surface area contributed by atoms with Gasteiger partial charge in [-0.15, -0.1) is 0 Å². The molecule has 0 fully saturated rings. The second-order valence-corrected chi connectivity index (χ2v) is 4.15. The van der Waals surface area contributed by atoms with E-state index in [1.807, 2.05) is 0 Å². The van der Waals surface area contributed by atoms with Crippen molar-refractivity contribution in [1.29, 1.82) is 0 Å². The molecule has 1 rings (SSSR count). The number of nitrogens with one attached hydrogen (secondary N) is 2. The normalized spacial score (nSPS) is 11.4. The molecule has 4 heteroatoms. The number of guanidine groups is 1. The van der Waals surface area contributed by atoms with Gasteiger partial charge in [0, 0.05) is 27.2 Å². The fourth-order valence-electron chi connectivity index (χ4n) is 1.57. The minimum absolute atomic E-state index is 0.679. The smallest absolute Gasteiger partial charge is 0.191 e. The van der Waals surface area contributed by atoms with Crippen molar-refractivity contribution in [2.24, 2.45) is 4.99 Å². The lowest BCUT2D eigenvalue weighted by atomic mass is 10.1. The Morgan fingerprint density at radius 3 is 2.44 bits per heavy atom. The van der Waals surface area contributed by atoms with Crippen molar-refractivity contribution < 1.29 is 4.74 Å². The summed E-state index contributed by atoms with van der Waals surface area (Å²) in [7, 11) is 3.46. The topological polar surface area (TPSA) is 45.7 Å². The number of ether oxygens (including phenoxy) is 1. The van der Waals surface area contributed by atoms with Crippen molar-refractivity contribution in [3.05, 3.63) is 35.4 Å². The Bertz CT molecular complexity index is 360. The van der Waals surface area contributed by atoms with Crippen LogP contribution in [-0.4, -0.2) is 39.8 Å². The first-order valence-electron chi connectivity index (χ1n) is 6.25. The number of hydrogen-bond donors (Lipinski definition) is 2. The predicted octanol–water partition coefficient (Wildman–Crippen LogP) is 1.35. The molecule has 0 unspecified atom stereocenters. The van der Waals surface area contributed by atoms with Crippen molar-refractivity contribution in [3.63, 3.8) is 0 Å². The number of nitrogens with zero attached hydrogens (tertiary/aromatic N) is 1. The fraction of sp³-hybridized carbons (Fsp3) is 0.500. The maximum Gasteiger partial charge on any atom is 0.191 e. The highest BCUT2D eigenvalue weighted by atomic mass is 16.5. The number of aliphatic imine (C=N–C) groups is 1. The first-order chi connectivity index (χ1) is 8.76. The van der Waals surface area contributed by atoms with Crippen LogP contribution in [0.4, 0.5) is 0 Å². The Morgan fingerprint density at radius 1 is 1.17 bits per heavy atom. The fourth-order valence-corrected chi connectivity index (χ4v) is 1.57. The highest BCUT2D eigenvalue weighted by molar-refractivity contribution is 5.79. The first-order valence-corrected chi connectivity index (χ1v) is 6.25. The van der Waals surface area contributed by atoms with Crippen molar-refractivity contribution in [1.82, 2.24) is 10.6 Å². The lowest BCUT2D eigenvalue weighted by molar-refractivity contribution is 0.203. The second-order valence-electron chi connectivity index (χ2n) is 4.15. The van der Waals surface area contributed by atoms with Crippen LogP contribution >= 0.6 is 0 Å². The van der Waals surface area contributed by atoms with E-state index in [0.29, 0.717) is 6.61 Å². The summed E-state index contributed by atoms with van der Waals surface area (Å²) in [4.78, 5) is 4.14.